The quantitative estimate of drug-likeness (QED) is 0.663. The number of carbonyl (C=O) groups excluding carboxylic acids is 1. The Hall–Kier alpha value is -2.60. The molecule has 3 aromatic rings. The lowest BCUT2D eigenvalue weighted by Crippen LogP contribution is -2.29. The van der Waals surface area contributed by atoms with Crippen LogP contribution >= 0.6 is 11.8 Å². The Bertz CT molecular complexity index is 805. The molecule has 1 heterocycles. The highest BCUT2D eigenvalue weighted by Crippen LogP contribution is 2.15. The van der Waals surface area contributed by atoms with Crippen molar-refractivity contribution in [1.82, 2.24) is 20.1 Å². The second-order valence-corrected chi connectivity index (χ2v) is 6.65. The zero-order valence-corrected chi connectivity index (χ0v) is 14.8. The molecule has 3 rings (SSSR count). The van der Waals surface area contributed by atoms with Crippen LogP contribution in [0.4, 0.5) is 0 Å². The summed E-state index contributed by atoms with van der Waals surface area (Å²) >= 11 is 1.34. The normalized spacial score (nSPS) is 11.9. The predicted octanol–water partition coefficient (Wildman–Crippen LogP) is 3.28. The minimum atomic E-state index is -0.0103. The number of nitrogens with zero attached hydrogens (tertiary/aromatic N) is 3. The van der Waals surface area contributed by atoms with Gasteiger partial charge in [-0.1, -0.05) is 67.2 Å². The van der Waals surface area contributed by atoms with E-state index in [0.717, 1.165) is 5.69 Å². The second-order valence-electron chi connectivity index (χ2n) is 5.71. The van der Waals surface area contributed by atoms with Crippen LogP contribution in [-0.4, -0.2) is 33.0 Å². The summed E-state index contributed by atoms with van der Waals surface area (Å²) in [6.45, 7) is 2.72. The van der Waals surface area contributed by atoms with Gasteiger partial charge in [0.25, 0.3) is 0 Å². The number of amides is 1. The fourth-order valence-corrected chi connectivity index (χ4v) is 3.00. The summed E-state index contributed by atoms with van der Waals surface area (Å²) in [5.74, 6) is 0.578. The van der Waals surface area contributed by atoms with Gasteiger partial charge in [0.15, 0.2) is 0 Å². The maximum atomic E-state index is 12.0. The molecule has 0 aliphatic rings. The number of thioether (sulfide) groups is 1. The zero-order valence-electron chi connectivity index (χ0n) is 14.0. The lowest BCUT2D eigenvalue weighted by Gasteiger charge is -2.12. The molecule has 128 valence electrons. The van der Waals surface area contributed by atoms with Gasteiger partial charge >= 0.3 is 0 Å². The SMILES string of the molecule is CC(CNC(=O)CSc1ncn(-c2ccccc2)n1)c1ccccc1. The van der Waals surface area contributed by atoms with Crippen molar-refractivity contribution >= 4 is 17.7 Å². The highest BCUT2D eigenvalue weighted by Gasteiger charge is 2.10. The van der Waals surface area contributed by atoms with E-state index in [4.69, 9.17) is 0 Å². The third-order valence-corrected chi connectivity index (χ3v) is 4.65. The van der Waals surface area contributed by atoms with Gasteiger partial charge in [0.1, 0.15) is 6.33 Å². The van der Waals surface area contributed by atoms with Crippen LogP contribution < -0.4 is 5.32 Å². The highest BCUT2D eigenvalue weighted by atomic mass is 32.2. The van der Waals surface area contributed by atoms with E-state index in [2.05, 4.69) is 34.5 Å². The molecular weight excluding hydrogens is 332 g/mol. The number of nitrogens with one attached hydrogen (secondary N) is 1. The number of para-hydroxylation sites is 1. The number of benzene rings is 2. The maximum absolute atomic E-state index is 12.0. The lowest BCUT2D eigenvalue weighted by molar-refractivity contribution is -0.118. The molecule has 0 saturated heterocycles. The van der Waals surface area contributed by atoms with Crippen LogP contribution in [-0.2, 0) is 4.79 Å². The number of rotatable bonds is 7. The van der Waals surface area contributed by atoms with E-state index in [1.807, 2.05) is 48.5 Å². The smallest absolute Gasteiger partial charge is 0.230 e. The van der Waals surface area contributed by atoms with E-state index in [9.17, 15) is 4.79 Å². The van der Waals surface area contributed by atoms with Crippen molar-refractivity contribution in [3.8, 4) is 5.69 Å². The van der Waals surface area contributed by atoms with Gasteiger partial charge in [-0.05, 0) is 23.6 Å². The van der Waals surface area contributed by atoms with Gasteiger partial charge < -0.3 is 5.32 Å². The molecule has 2 aromatic carbocycles. The molecule has 0 saturated carbocycles. The zero-order chi connectivity index (χ0) is 17.5. The summed E-state index contributed by atoms with van der Waals surface area (Å²) in [6, 6.07) is 19.9. The van der Waals surface area contributed by atoms with Gasteiger partial charge in [0.05, 0.1) is 11.4 Å². The van der Waals surface area contributed by atoms with Crippen molar-refractivity contribution < 1.29 is 4.79 Å². The molecule has 0 radical (unpaired) electrons. The van der Waals surface area contributed by atoms with Crippen LogP contribution in [0.25, 0.3) is 5.69 Å². The number of carbonyl (C=O) groups is 1. The van der Waals surface area contributed by atoms with Gasteiger partial charge in [-0.15, -0.1) is 5.10 Å². The average molecular weight is 352 g/mol. The molecule has 1 amide bonds. The van der Waals surface area contributed by atoms with E-state index in [0.29, 0.717) is 17.5 Å². The van der Waals surface area contributed by atoms with Crippen molar-refractivity contribution in [2.75, 3.05) is 12.3 Å². The van der Waals surface area contributed by atoms with Crippen molar-refractivity contribution in [3.63, 3.8) is 0 Å². The maximum Gasteiger partial charge on any atom is 0.230 e. The highest BCUT2D eigenvalue weighted by molar-refractivity contribution is 7.99. The van der Waals surface area contributed by atoms with Crippen LogP contribution in [0.1, 0.15) is 18.4 Å². The van der Waals surface area contributed by atoms with Crippen molar-refractivity contribution in [2.45, 2.75) is 18.0 Å². The molecule has 1 atom stereocenters. The van der Waals surface area contributed by atoms with Crippen molar-refractivity contribution in [1.29, 1.82) is 0 Å². The predicted molar refractivity (Wildman–Crippen MR) is 99.9 cm³/mol. The van der Waals surface area contributed by atoms with E-state index >= 15 is 0 Å². The van der Waals surface area contributed by atoms with Crippen molar-refractivity contribution in [3.05, 3.63) is 72.6 Å². The first kappa shape index (κ1) is 17.2. The summed E-state index contributed by atoms with van der Waals surface area (Å²) in [6.07, 6.45) is 1.66. The summed E-state index contributed by atoms with van der Waals surface area (Å²) < 4.78 is 1.71. The molecule has 5 nitrogen and oxygen atoms in total. The summed E-state index contributed by atoms with van der Waals surface area (Å²) in [4.78, 5) is 16.3. The first-order valence-electron chi connectivity index (χ1n) is 8.14. The van der Waals surface area contributed by atoms with E-state index < -0.39 is 0 Å². The molecule has 1 unspecified atom stereocenters. The Morgan fingerprint density at radius 3 is 2.52 bits per heavy atom. The lowest BCUT2D eigenvalue weighted by atomic mass is 10.0. The van der Waals surface area contributed by atoms with Gasteiger partial charge in [-0.25, -0.2) is 9.67 Å². The number of hydrogen-bond acceptors (Lipinski definition) is 4. The largest absolute Gasteiger partial charge is 0.355 e. The average Bonchev–Trinajstić information content (AvgIpc) is 3.15. The third-order valence-electron chi connectivity index (χ3n) is 3.80. The van der Waals surface area contributed by atoms with Gasteiger partial charge in [-0.2, -0.15) is 0 Å². The molecule has 0 aliphatic heterocycles. The molecule has 0 spiro atoms. The van der Waals surface area contributed by atoms with Crippen LogP contribution in [0.3, 0.4) is 0 Å². The Labute approximate surface area is 151 Å². The minimum Gasteiger partial charge on any atom is -0.355 e. The van der Waals surface area contributed by atoms with E-state index in [-0.39, 0.29) is 11.8 Å². The number of aromatic nitrogens is 3. The molecular formula is C19H20N4OS. The van der Waals surface area contributed by atoms with Crippen LogP contribution in [0.15, 0.2) is 72.1 Å². The fraction of sp³-hybridized carbons (Fsp3) is 0.211. The third kappa shape index (κ3) is 4.93. The molecule has 0 bridgehead atoms. The van der Waals surface area contributed by atoms with E-state index in [1.54, 1.807) is 11.0 Å². The minimum absolute atomic E-state index is 0.0103. The molecule has 25 heavy (non-hydrogen) atoms. The van der Waals surface area contributed by atoms with Gasteiger partial charge in [0, 0.05) is 6.54 Å². The van der Waals surface area contributed by atoms with Crippen LogP contribution in [0.2, 0.25) is 0 Å². The second kappa shape index (κ2) is 8.48. The topological polar surface area (TPSA) is 59.8 Å². The monoisotopic (exact) mass is 352 g/mol. The summed E-state index contributed by atoms with van der Waals surface area (Å²) in [7, 11) is 0. The Morgan fingerprint density at radius 1 is 1.12 bits per heavy atom. The van der Waals surface area contributed by atoms with Gasteiger partial charge in [0.2, 0.25) is 11.1 Å². The molecule has 0 fully saturated rings. The number of hydrogen-bond donors (Lipinski definition) is 1. The summed E-state index contributed by atoms with van der Waals surface area (Å²) in [5.41, 5.74) is 2.17. The van der Waals surface area contributed by atoms with Gasteiger partial charge in [-0.3, -0.25) is 4.79 Å². The Kier molecular flexibility index (Phi) is 5.85. The summed E-state index contributed by atoms with van der Waals surface area (Å²) in [5, 5.41) is 7.94. The Morgan fingerprint density at radius 2 is 1.80 bits per heavy atom. The first-order valence-corrected chi connectivity index (χ1v) is 9.12. The first-order chi connectivity index (χ1) is 12.2. The van der Waals surface area contributed by atoms with Crippen LogP contribution in [0.5, 0.6) is 0 Å². The Balaban J connectivity index is 1.46. The molecule has 0 aliphatic carbocycles. The van der Waals surface area contributed by atoms with Crippen molar-refractivity contribution in [2.24, 2.45) is 0 Å². The molecule has 1 aromatic heterocycles. The van der Waals surface area contributed by atoms with E-state index in [1.165, 1.54) is 17.3 Å². The fourth-order valence-electron chi connectivity index (χ4n) is 2.37. The molecule has 1 N–H and O–H groups in total. The molecule has 6 heteroatoms. The standard InChI is InChI=1S/C19H20N4OS/c1-15(16-8-4-2-5-9-16)12-20-18(24)13-25-19-21-14-23(22-19)17-10-6-3-7-11-17/h2-11,14-15H,12-13H2,1H3,(H,20,24). The van der Waals surface area contributed by atoms with Crippen LogP contribution in [0, 0.1) is 0 Å².